The van der Waals surface area contributed by atoms with Gasteiger partial charge >= 0.3 is 0 Å². The zero-order chi connectivity index (χ0) is 19.2. The summed E-state index contributed by atoms with van der Waals surface area (Å²) in [5.41, 5.74) is 1.11. The van der Waals surface area contributed by atoms with Crippen molar-refractivity contribution in [3.63, 3.8) is 0 Å². The largest absolute Gasteiger partial charge is 0.342 e. The number of hydrogen-bond donors (Lipinski definition) is 0. The van der Waals surface area contributed by atoms with Gasteiger partial charge in [0.1, 0.15) is 0 Å². The average molecular weight is 375 g/mol. The van der Waals surface area contributed by atoms with E-state index in [-0.39, 0.29) is 10.8 Å². The summed E-state index contributed by atoms with van der Waals surface area (Å²) in [6.07, 6.45) is 1.96. The normalized spacial score (nSPS) is 11.2. The van der Waals surface area contributed by atoms with Crippen LogP contribution in [-0.2, 0) is 10.0 Å². The van der Waals surface area contributed by atoms with Crippen LogP contribution >= 0.6 is 0 Å². The second-order valence-electron chi connectivity index (χ2n) is 6.11. The third-order valence-corrected chi connectivity index (χ3v) is 6.13. The Morgan fingerprint density at radius 1 is 0.962 bits per heavy atom. The Hall–Kier alpha value is -2.34. The molecule has 5 nitrogen and oxygen atoms in total. The van der Waals surface area contributed by atoms with Gasteiger partial charge in [-0.2, -0.15) is 0 Å². The lowest BCUT2D eigenvalue weighted by Crippen LogP contribution is -2.31. The molecule has 0 aromatic heterocycles. The molecular weight excluding hydrogens is 348 g/mol. The van der Waals surface area contributed by atoms with E-state index in [1.807, 2.05) is 6.07 Å². The fourth-order valence-corrected chi connectivity index (χ4v) is 4.17. The van der Waals surface area contributed by atoms with Gasteiger partial charge in [-0.25, -0.2) is 8.42 Å². The smallest absolute Gasteiger partial charge is 0.264 e. The average Bonchev–Trinajstić information content (AvgIpc) is 2.66. The van der Waals surface area contributed by atoms with Gasteiger partial charge < -0.3 is 4.90 Å². The van der Waals surface area contributed by atoms with Crippen molar-refractivity contribution < 1.29 is 13.2 Å². The maximum atomic E-state index is 13.0. The van der Waals surface area contributed by atoms with Gasteiger partial charge in [-0.15, -0.1) is 0 Å². The van der Waals surface area contributed by atoms with Gasteiger partial charge in [0.15, 0.2) is 0 Å². The molecule has 2 aromatic carbocycles. The SMILES string of the molecule is CCCCN(C)C(=O)c1ccc(S(=O)(=O)N(CC)c2ccccc2)cc1. The molecular formula is C20H26N2O3S. The monoisotopic (exact) mass is 374 g/mol. The molecule has 1 amide bonds. The second-order valence-corrected chi connectivity index (χ2v) is 7.97. The van der Waals surface area contributed by atoms with E-state index in [1.165, 1.54) is 16.4 Å². The first-order valence-electron chi connectivity index (χ1n) is 8.85. The van der Waals surface area contributed by atoms with Crippen molar-refractivity contribution in [1.29, 1.82) is 0 Å². The van der Waals surface area contributed by atoms with Gasteiger partial charge in [0.2, 0.25) is 0 Å². The summed E-state index contributed by atoms with van der Waals surface area (Å²) < 4.78 is 27.3. The van der Waals surface area contributed by atoms with Gasteiger partial charge in [-0.1, -0.05) is 31.5 Å². The molecule has 0 radical (unpaired) electrons. The number of amides is 1. The Morgan fingerprint density at radius 2 is 1.58 bits per heavy atom. The van der Waals surface area contributed by atoms with Crippen LogP contribution in [0.3, 0.4) is 0 Å². The molecule has 2 rings (SSSR count). The molecule has 140 valence electrons. The lowest BCUT2D eigenvalue weighted by atomic mass is 10.2. The number of rotatable bonds is 8. The van der Waals surface area contributed by atoms with Crippen molar-refractivity contribution in [3.05, 3.63) is 60.2 Å². The first kappa shape index (κ1) is 20.0. The molecule has 0 heterocycles. The highest BCUT2D eigenvalue weighted by Crippen LogP contribution is 2.23. The molecule has 0 atom stereocenters. The molecule has 0 unspecified atom stereocenters. The fourth-order valence-electron chi connectivity index (χ4n) is 2.70. The van der Waals surface area contributed by atoms with Crippen LogP contribution in [0.4, 0.5) is 5.69 Å². The molecule has 6 heteroatoms. The summed E-state index contributed by atoms with van der Waals surface area (Å²) in [5, 5.41) is 0. The number of carbonyl (C=O) groups is 1. The van der Waals surface area contributed by atoms with E-state index in [4.69, 9.17) is 0 Å². The zero-order valence-corrected chi connectivity index (χ0v) is 16.4. The Bertz CT molecular complexity index is 818. The first-order valence-corrected chi connectivity index (χ1v) is 10.3. The maximum absolute atomic E-state index is 13.0. The Labute approximate surface area is 156 Å². The highest BCUT2D eigenvalue weighted by atomic mass is 32.2. The van der Waals surface area contributed by atoms with E-state index < -0.39 is 10.0 Å². The van der Waals surface area contributed by atoms with Crippen LogP contribution in [0.1, 0.15) is 37.0 Å². The molecule has 0 N–H and O–H groups in total. The molecule has 0 aliphatic carbocycles. The lowest BCUT2D eigenvalue weighted by Gasteiger charge is -2.23. The van der Waals surface area contributed by atoms with Crippen LogP contribution in [0.5, 0.6) is 0 Å². The Kier molecular flexibility index (Phi) is 6.80. The van der Waals surface area contributed by atoms with Crippen molar-refractivity contribution in [1.82, 2.24) is 4.90 Å². The molecule has 0 bridgehead atoms. The molecule has 0 aliphatic heterocycles. The van der Waals surface area contributed by atoms with E-state index >= 15 is 0 Å². The minimum Gasteiger partial charge on any atom is -0.342 e. The van der Waals surface area contributed by atoms with Crippen molar-refractivity contribution in [2.75, 3.05) is 24.4 Å². The molecule has 0 spiro atoms. The number of sulfonamides is 1. The summed E-state index contributed by atoms with van der Waals surface area (Å²) in [6, 6.07) is 15.2. The molecule has 0 fully saturated rings. The van der Waals surface area contributed by atoms with Crippen LogP contribution < -0.4 is 4.31 Å². The van der Waals surface area contributed by atoms with E-state index in [1.54, 1.807) is 55.3 Å². The highest BCUT2D eigenvalue weighted by molar-refractivity contribution is 7.92. The van der Waals surface area contributed by atoms with Crippen molar-refractivity contribution >= 4 is 21.6 Å². The Balaban J connectivity index is 2.24. The maximum Gasteiger partial charge on any atom is 0.264 e. The number of carbonyl (C=O) groups excluding carboxylic acids is 1. The summed E-state index contributed by atoms with van der Waals surface area (Å²) in [6.45, 7) is 4.88. The minimum absolute atomic E-state index is 0.0993. The Morgan fingerprint density at radius 3 is 2.12 bits per heavy atom. The topological polar surface area (TPSA) is 57.7 Å². The van der Waals surface area contributed by atoms with Crippen molar-refractivity contribution in [2.24, 2.45) is 0 Å². The number of nitrogens with zero attached hydrogens (tertiary/aromatic N) is 2. The minimum atomic E-state index is -3.67. The lowest BCUT2D eigenvalue weighted by molar-refractivity contribution is 0.0793. The van der Waals surface area contributed by atoms with Gasteiger partial charge in [0.25, 0.3) is 15.9 Å². The molecule has 0 saturated carbocycles. The highest BCUT2D eigenvalue weighted by Gasteiger charge is 2.24. The summed E-state index contributed by atoms with van der Waals surface area (Å²) in [5.74, 6) is -0.0993. The van der Waals surface area contributed by atoms with Crippen LogP contribution in [0.2, 0.25) is 0 Å². The van der Waals surface area contributed by atoms with E-state index in [2.05, 4.69) is 6.92 Å². The fraction of sp³-hybridized carbons (Fsp3) is 0.350. The van der Waals surface area contributed by atoms with Crippen molar-refractivity contribution in [3.8, 4) is 0 Å². The van der Waals surface area contributed by atoms with Crippen LogP contribution in [-0.4, -0.2) is 39.4 Å². The van der Waals surface area contributed by atoms with Gasteiger partial charge in [0.05, 0.1) is 10.6 Å². The van der Waals surface area contributed by atoms with E-state index in [9.17, 15) is 13.2 Å². The van der Waals surface area contributed by atoms with Gasteiger partial charge in [-0.3, -0.25) is 9.10 Å². The molecule has 0 saturated heterocycles. The number of para-hydroxylation sites is 1. The second kappa shape index (κ2) is 8.85. The zero-order valence-electron chi connectivity index (χ0n) is 15.6. The standard InChI is InChI=1S/C20H26N2O3S/c1-4-6-16-21(3)20(23)17-12-14-19(15-13-17)26(24,25)22(5-2)18-10-8-7-9-11-18/h7-15H,4-6,16H2,1-3H3. The summed E-state index contributed by atoms with van der Waals surface area (Å²) in [7, 11) is -1.91. The van der Waals surface area contributed by atoms with Gasteiger partial charge in [0, 0.05) is 25.7 Å². The number of anilines is 1. The third kappa shape index (κ3) is 4.43. The quantitative estimate of drug-likeness (QED) is 0.707. The third-order valence-electron chi connectivity index (χ3n) is 4.21. The molecule has 0 aliphatic rings. The summed E-state index contributed by atoms with van der Waals surface area (Å²) in [4.78, 5) is 14.2. The van der Waals surface area contributed by atoms with Crippen molar-refractivity contribution in [2.45, 2.75) is 31.6 Å². The molecule has 26 heavy (non-hydrogen) atoms. The van der Waals surface area contributed by atoms with E-state index in [0.717, 1.165) is 12.8 Å². The van der Waals surface area contributed by atoms with Crippen LogP contribution in [0.25, 0.3) is 0 Å². The van der Waals surface area contributed by atoms with Gasteiger partial charge in [-0.05, 0) is 49.7 Å². The van der Waals surface area contributed by atoms with E-state index in [0.29, 0.717) is 24.3 Å². The first-order chi connectivity index (χ1) is 12.4. The van der Waals surface area contributed by atoms with Crippen LogP contribution in [0.15, 0.2) is 59.5 Å². The predicted octanol–water partition coefficient (Wildman–Crippen LogP) is 3.77. The molecule has 2 aromatic rings. The predicted molar refractivity (Wildman–Crippen MR) is 105 cm³/mol. The van der Waals surface area contributed by atoms with Crippen LogP contribution in [0, 0.1) is 0 Å². The number of unbranched alkanes of at least 4 members (excludes halogenated alkanes) is 1. The number of hydrogen-bond acceptors (Lipinski definition) is 3. The summed E-state index contributed by atoms with van der Waals surface area (Å²) >= 11 is 0. The number of benzene rings is 2.